The number of nitrogens with zero attached hydrogens (tertiary/aromatic N) is 14. The predicted octanol–water partition coefficient (Wildman–Crippen LogP) is 12.1. The van der Waals surface area contributed by atoms with E-state index < -0.39 is 12.7 Å². The standard InChI is InChI=1S/C21H17ClFN5O.C21H18F4N6O.C21H19FN6O/c1-12-11-28-20(27-12)16(14-8-24-6-4-17(14)22)10-26-21(28)25-9-15-13-5-7-29-19(13)3-2-18(15)23;1-12-9-31-19(29-12)15(13-6-28-30(10-13)11-21(23,24)25)7-26-20(31)27-8-16-14-4-5-32-18(14)3-2-17(16)22;1-12-10-28-20(27-12)17(15-7-23-11-26-13(15)2)9-25-21(28)24-8-16-14-5-6-29-19(14)4-3-18(16)22/h2-4,6,8,10-11H,5,7,9H2,1H3,(H,25,26);2-3,6-7,9-10H,4-5,8,11H2,1H3,(H,26,27);3-4,7,9-11H,5-6,8H2,1-2H3,(H,24,25). The van der Waals surface area contributed by atoms with Crippen LogP contribution in [0.25, 0.3) is 50.3 Å². The van der Waals surface area contributed by atoms with Crippen molar-refractivity contribution in [2.24, 2.45) is 0 Å². The molecule has 458 valence electrons. The number of pyridine rings is 1. The average Bonchev–Trinajstić information content (AvgIpc) is 4.08. The molecule has 3 aliphatic rings. The lowest BCUT2D eigenvalue weighted by Crippen LogP contribution is -2.17. The van der Waals surface area contributed by atoms with Crippen LogP contribution in [0.4, 0.5) is 44.2 Å². The predicted molar refractivity (Wildman–Crippen MR) is 323 cm³/mol. The summed E-state index contributed by atoms with van der Waals surface area (Å²) in [6.45, 7) is 8.87. The molecule has 3 aromatic carbocycles. The Balaban J connectivity index is 0.000000124. The van der Waals surface area contributed by atoms with Gasteiger partial charge < -0.3 is 30.2 Å². The Morgan fingerprint density at radius 3 is 1.38 bits per heavy atom. The number of nitrogens with one attached hydrogen (secondary N) is 3. The van der Waals surface area contributed by atoms with Crippen LogP contribution >= 0.6 is 11.6 Å². The van der Waals surface area contributed by atoms with Crippen molar-refractivity contribution in [1.29, 1.82) is 0 Å². The molecule has 9 aromatic heterocycles. The van der Waals surface area contributed by atoms with Gasteiger partial charge in [0.15, 0.2) is 0 Å². The van der Waals surface area contributed by atoms with E-state index in [-0.39, 0.29) is 24.0 Å². The minimum Gasteiger partial charge on any atom is -0.493 e. The van der Waals surface area contributed by atoms with Crippen molar-refractivity contribution >= 4 is 46.4 Å². The van der Waals surface area contributed by atoms with Crippen molar-refractivity contribution in [3.05, 3.63) is 196 Å². The highest BCUT2D eigenvalue weighted by Gasteiger charge is 2.29. The van der Waals surface area contributed by atoms with Crippen LogP contribution in [0.3, 0.4) is 0 Å². The number of aromatic nitrogens is 14. The van der Waals surface area contributed by atoms with Crippen molar-refractivity contribution in [3.63, 3.8) is 0 Å². The van der Waals surface area contributed by atoms with Crippen LogP contribution in [0.1, 0.15) is 56.2 Å². The lowest BCUT2D eigenvalue weighted by atomic mass is 10.0. The fourth-order valence-electron chi connectivity index (χ4n) is 11.3. The first kappa shape index (κ1) is 58.6. The summed E-state index contributed by atoms with van der Waals surface area (Å²) in [6.07, 6.45) is 17.5. The van der Waals surface area contributed by atoms with E-state index in [0.29, 0.717) is 126 Å². The van der Waals surface area contributed by atoms with E-state index in [2.05, 4.69) is 65.9 Å². The van der Waals surface area contributed by atoms with Gasteiger partial charge in [-0.05, 0) is 70.2 Å². The summed E-state index contributed by atoms with van der Waals surface area (Å²) < 4.78 is 104. The number of hydrogen-bond donors (Lipinski definition) is 3. The number of aryl methyl sites for hydroxylation is 4. The second-order valence-corrected chi connectivity index (χ2v) is 21.9. The van der Waals surface area contributed by atoms with Gasteiger partial charge in [0, 0.05) is 173 Å². The van der Waals surface area contributed by atoms with Crippen molar-refractivity contribution in [1.82, 2.24) is 67.8 Å². The maximum absolute atomic E-state index is 14.4. The molecule has 0 saturated heterocycles. The van der Waals surface area contributed by atoms with E-state index in [4.69, 9.17) is 25.8 Å². The third-order valence-electron chi connectivity index (χ3n) is 15.5. The van der Waals surface area contributed by atoms with Crippen molar-refractivity contribution in [2.45, 2.75) is 79.3 Å². The first-order chi connectivity index (χ1) is 43.5. The molecular weight excluding hydrogens is 1190 g/mol. The molecule has 12 aromatic rings. The van der Waals surface area contributed by atoms with E-state index in [1.165, 1.54) is 43.1 Å². The molecule has 0 unspecified atom stereocenters. The Morgan fingerprint density at radius 1 is 0.500 bits per heavy atom. The molecule has 0 saturated carbocycles. The molecule has 0 radical (unpaired) electrons. The van der Waals surface area contributed by atoms with E-state index in [9.17, 15) is 26.3 Å². The van der Waals surface area contributed by atoms with E-state index in [1.54, 1.807) is 72.8 Å². The number of anilines is 3. The molecule has 3 aliphatic heterocycles. The number of ether oxygens (including phenoxy) is 3. The van der Waals surface area contributed by atoms with Gasteiger partial charge in [0.1, 0.15) is 64.5 Å². The zero-order valence-electron chi connectivity index (χ0n) is 48.7. The van der Waals surface area contributed by atoms with Crippen molar-refractivity contribution < 1.29 is 40.6 Å². The quantitative estimate of drug-likeness (QED) is 0.0916. The van der Waals surface area contributed by atoms with Gasteiger partial charge in [0.2, 0.25) is 17.8 Å². The second-order valence-electron chi connectivity index (χ2n) is 21.5. The molecule has 20 nitrogen and oxygen atoms in total. The number of rotatable bonds is 13. The number of benzene rings is 3. The van der Waals surface area contributed by atoms with Gasteiger partial charge in [-0.15, -0.1) is 0 Å². The number of halogens is 7. The second kappa shape index (κ2) is 24.3. The summed E-state index contributed by atoms with van der Waals surface area (Å²) in [5, 5.41) is 14.0. The van der Waals surface area contributed by atoms with Crippen LogP contribution in [-0.2, 0) is 45.4 Å². The van der Waals surface area contributed by atoms with Crippen LogP contribution in [0.15, 0.2) is 117 Å². The number of alkyl halides is 3. The Labute approximate surface area is 514 Å². The molecule has 0 bridgehead atoms. The Kier molecular flexibility index (Phi) is 15.8. The van der Waals surface area contributed by atoms with Gasteiger partial charge in [-0.25, -0.2) is 53.0 Å². The van der Waals surface area contributed by atoms with E-state index in [1.807, 2.05) is 42.0 Å². The lowest BCUT2D eigenvalue weighted by molar-refractivity contribution is -0.142. The third kappa shape index (κ3) is 11.8. The van der Waals surface area contributed by atoms with Crippen LogP contribution in [-0.4, -0.2) is 93.8 Å². The molecule has 0 aliphatic carbocycles. The Morgan fingerprint density at radius 2 is 0.933 bits per heavy atom. The molecule has 12 heterocycles. The van der Waals surface area contributed by atoms with Gasteiger partial charge in [0.05, 0.1) is 48.1 Å². The Bertz CT molecular complexity index is 4530. The fourth-order valence-corrected chi connectivity index (χ4v) is 11.5. The van der Waals surface area contributed by atoms with Gasteiger partial charge in [0.25, 0.3) is 0 Å². The summed E-state index contributed by atoms with van der Waals surface area (Å²) in [5.74, 6) is 2.97. The number of imidazole rings is 3. The largest absolute Gasteiger partial charge is 0.493 e. The van der Waals surface area contributed by atoms with Crippen molar-refractivity contribution in [2.75, 3.05) is 35.8 Å². The summed E-state index contributed by atoms with van der Waals surface area (Å²) in [4.78, 5) is 39.9. The SMILES string of the molecule is Cc1cn2c(NCc3c(F)ccc4c3CCO4)ncc(-c3cnccc3Cl)c2n1.Cc1cn2c(NCc3c(F)ccc4c3CCO4)ncc(-c3cncnc3C)c2n1.Cc1cn2c(NCc3c(F)ccc4c3CCO4)ncc(-c3cnn(CC(F)(F)F)c3)c2n1. The average molecular weight is 1250 g/mol. The summed E-state index contributed by atoms with van der Waals surface area (Å²) in [7, 11) is 0. The van der Waals surface area contributed by atoms with Crippen LogP contribution in [0.5, 0.6) is 17.2 Å². The molecule has 3 N–H and O–H groups in total. The highest BCUT2D eigenvalue weighted by atomic mass is 35.5. The monoisotopic (exact) mass is 1250 g/mol. The van der Waals surface area contributed by atoms with Crippen LogP contribution < -0.4 is 30.2 Å². The Hall–Kier alpha value is -10.4. The number of hydrogen-bond acceptors (Lipinski definition) is 16. The normalized spacial score (nSPS) is 13.0. The summed E-state index contributed by atoms with van der Waals surface area (Å²) in [6, 6.07) is 11.0. The first-order valence-electron chi connectivity index (χ1n) is 28.5. The van der Waals surface area contributed by atoms with Gasteiger partial charge >= 0.3 is 6.18 Å². The molecule has 15 rings (SSSR count). The molecule has 0 fully saturated rings. The van der Waals surface area contributed by atoms with Gasteiger partial charge in [-0.3, -0.25) is 22.9 Å². The minimum atomic E-state index is -4.37. The van der Waals surface area contributed by atoms with Gasteiger partial charge in [-0.2, -0.15) is 18.3 Å². The molecule has 0 atom stereocenters. The van der Waals surface area contributed by atoms with Crippen molar-refractivity contribution in [3.8, 4) is 50.6 Å². The fraction of sp³-hybridized carbons (Fsp3) is 0.238. The maximum atomic E-state index is 14.4. The van der Waals surface area contributed by atoms with Gasteiger partial charge in [-0.1, -0.05) is 11.6 Å². The number of fused-ring (bicyclic) bond motifs is 6. The highest BCUT2D eigenvalue weighted by molar-refractivity contribution is 6.33. The van der Waals surface area contributed by atoms with Crippen LogP contribution in [0, 0.1) is 45.1 Å². The third-order valence-corrected chi connectivity index (χ3v) is 15.8. The van der Waals surface area contributed by atoms with E-state index >= 15 is 0 Å². The molecule has 0 spiro atoms. The molecule has 27 heteroatoms. The maximum Gasteiger partial charge on any atom is 0.408 e. The lowest BCUT2D eigenvalue weighted by Gasteiger charge is -2.13. The zero-order valence-corrected chi connectivity index (χ0v) is 49.4. The van der Waals surface area contributed by atoms with Crippen LogP contribution in [0.2, 0.25) is 5.02 Å². The molecule has 0 amide bonds. The topological polar surface area (TPSA) is 211 Å². The molecule has 90 heavy (non-hydrogen) atoms. The van der Waals surface area contributed by atoms with E-state index in [0.717, 1.165) is 77.9 Å². The minimum absolute atomic E-state index is 0.195. The zero-order chi connectivity index (χ0) is 62.4. The smallest absolute Gasteiger partial charge is 0.408 e. The first-order valence-corrected chi connectivity index (χ1v) is 28.9. The highest BCUT2D eigenvalue weighted by Crippen LogP contribution is 2.36. The summed E-state index contributed by atoms with van der Waals surface area (Å²) in [5.41, 5.74) is 13.9. The molecular formula is C63H54ClF6N17O3. The summed E-state index contributed by atoms with van der Waals surface area (Å²) >= 11 is 6.34.